The fraction of sp³-hybridized carbons (Fsp3) is 0.583. The summed E-state index contributed by atoms with van der Waals surface area (Å²) in [6.07, 6.45) is -4.52. The second-order valence-corrected chi connectivity index (χ2v) is 5.15. The Balaban J connectivity index is 1.79. The average Bonchev–Trinajstić information content (AvgIpc) is 2.78. The highest BCUT2D eigenvalue weighted by molar-refractivity contribution is 5.94. The van der Waals surface area contributed by atoms with Gasteiger partial charge in [-0.15, -0.1) is 10.2 Å². The molecule has 1 aromatic rings. The van der Waals surface area contributed by atoms with Gasteiger partial charge in [0, 0.05) is 31.8 Å². The van der Waals surface area contributed by atoms with E-state index in [9.17, 15) is 18.0 Å². The highest BCUT2D eigenvalue weighted by atomic mass is 19.4. The van der Waals surface area contributed by atoms with E-state index in [-0.39, 0.29) is 31.4 Å². The number of fused-ring (bicyclic) bond motifs is 1. The first kappa shape index (κ1) is 14.1. The van der Waals surface area contributed by atoms with Gasteiger partial charge in [0.15, 0.2) is 5.82 Å². The zero-order valence-electron chi connectivity index (χ0n) is 11.4. The van der Waals surface area contributed by atoms with Crippen molar-refractivity contribution in [2.75, 3.05) is 19.6 Å². The standard InChI is InChI=1S/C12H14F3N5O/c1-7(8-4-16-5-8)10(21)19-2-3-20-9(6-19)17-18-11(20)12(13,14)15/h16H,2-6H2,1H3. The fourth-order valence-corrected chi connectivity index (χ4v) is 2.44. The molecule has 0 aliphatic carbocycles. The van der Waals surface area contributed by atoms with Gasteiger partial charge in [0.05, 0.1) is 6.54 Å². The van der Waals surface area contributed by atoms with E-state index in [4.69, 9.17) is 0 Å². The van der Waals surface area contributed by atoms with E-state index in [1.807, 2.05) is 0 Å². The van der Waals surface area contributed by atoms with E-state index in [1.165, 1.54) is 4.90 Å². The van der Waals surface area contributed by atoms with Crippen molar-refractivity contribution in [3.8, 4) is 0 Å². The van der Waals surface area contributed by atoms with E-state index in [0.717, 1.165) is 10.1 Å². The predicted molar refractivity (Wildman–Crippen MR) is 66.0 cm³/mol. The molecule has 3 rings (SSSR count). The van der Waals surface area contributed by atoms with Gasteiger partial charge in [-0.1, -0.05) is 0 Å². The lowest BCUT2D eigenvalue weighted by Gasteiger charge is -2.30. The van der Waals surface area contributed by atoms with Crippen molar-refractivity contribution in [1.29, 1.82) is 0 Å². The Morgan fingerprint density at radius 3 is 2.52 bits per heavy atom. The van der Waals surface area contributed by atoms with Gasteiger partial charge in [-0.25, -0.2) is 0 Å². The summed E-state index contributed by atoms with van der Waals surface area (Å²) in [5.41, 5.74) is 1.71. The van der Waals surface area contributed by atoms with Crippen molar-refractivity contribution < 1.29 is 18.0 Å². The molecule has 0 atom stereocenters. The van der Waals surface area contributed by atoms with E-state index >= 15 is 0 Å². The summed E-state index contributed by atoms with van der Waals surface area (Å²) in [6.45, 7) is 3.48. The van der Waals surface area contributed by atoms with E-state index in [0.29, 0.717) is 18.7 Å². The Morgan fingerprint density at radius 2 is 1.95 bits per heavy atom. The topological polar surface area (TPSA) is 63.1 Å². The number of alkyl halides is 3. The van der Waals surface area contributed by atoms with Crippen molar-refractivity contribution in [2.24, 2.45) is 0 Å². The molecule has 1 fully saturated rings. The van der Waals surface area contributed by atoms with Gasteiger partial charge in [0.1, 0.15) is 0 Å². The Hall–Kier alpha value is -1.90. The minimum absolute atomic E-state index is 0.0555. The maximum Gasteiger partial charge on any atom is 0.451 e. The number of rotatable bonds is 1. The molecule has 1 aromatic heterocycles. The second-order valence-electron chi connectivity index (χ2n) is 5.15. The smallest absolute Gasteiger partial charge is 0.330 e. The van der Waals surface area contributed by atoms with Gasteiger partial charge in [-0.2, -0.15) is 13.2 Å². The summed E-state index contributed by atoms with van der Waals surface area (Å²) in [5.74, 6) is -0.969. The molecule has 2 aliphatic heterocycles. The summed E-state index contributed by atoms with van der Waals surface area (Å²) in [5, 5.41) is 9.82. The molecule has 2 aliphatic rings. The van der Waals surface area contributed by atoms with Crippen LogP contribution in [0.4, 0.5) is 13.2 Å². The van der Waals surface area contributed by atoms with Crippen LogP contribution in [0.5, 0.6) is 0 Å². The number of hydrogen-bond acceptors (Lipinski definition) is 4. The van der Waals surface area contributed by atoms with Crippen LogP contribution in [-0.4, -0.2) is 45.2 Å². The van der Waals surface area contributed by atoms with E-state index in [2.05, 4.69) is 15.5 Å². The first-order valence-electron chi connectivity index (χ1n) is 6.56. The van der Waals surface area contributed by atoms with E-state index < -0.39 is 12.0 Å². The zero-order valence-corrected chi connectivity index (χ0v) is 11.4. The molecule has 114 valence electrons. The van der Waals surface area contributed by atoms with Crippen LogP contribution in [0.1, 0.15) is 18.6 Å². The van der Waals surface area contributed by atoms with Crippen LogP contribution in [0.25, 0.3) is 0 Å². The third-order valence-electron chi connectivity index (χ3n) is 3.82. The molecule has 3 heterocycles. The molecule has 9 heteroatoms. The maximum atomic E-state index is 12.7. The Bertz CT molecular complexity index is 613. The van der Waals surface area contributed by atoms with E-state index in [1.54, 1.807) is 6.92 Å². The molecule has 6 nitrogen and oxygen atoms in total. The molecule has 0 aromatic carbocycles. The Labute approximate surface area is 118 Å². The van der Waals surface area contributed by atoms with Crippen LogP contribution >= 0.6 is 0 Å². The summed E-state index contributed by atoms with van der Waals surface area (Å²) >= 11 is 0. The highest BCUT2D eigenvalue weighted by Crippen LogP contribution is 2.29. The van der Waals surface area contributed by atoms with Crippen LogP contribution < -0.4 is 5.32 Å². The second kappa shape index (κ2) is 4.83. The molecule has 0 radical (unpaired) electrons. The molecule has 1 saturated heterocycles. The third kappa shape index (κ3) is 2.41. The van der Waals surface area contributed by atoms with Crippen LogP contribution in [0, 0.1) is 0 Å². The SMILES string of the molecule is CC(C(=O)N1CCn2c(nnc2C(F)(F)F)C1)=C1CNC1. The van der Waals surface area contributed by atoms with Gasteiger partial charge in [0.2, 0.25) is 11.7 Å². The van der Waals surface area contributed by atoms with Crippen LogP contribution in [0.2, 0.25) is 0 Å². The van der Waals surface area contributed by atoms with Gasteiger partial charge in [-0.3, -0.25) is 4.79 Å². The summed E-state index contributed by atoms with van der Waals surface area (Å²) < 4.78 is 39.2. The molecule has 0 saturated carbocycles. The number of amides is 1. The van der Waals surface area contributed by atoms with Crippen LogP contribution in [0.3, 0.4) is 0 Å². The lowest BCUT2D eigenvalue weighted by molar-refractivity contribution is -0.148. The van der Waals surface area contributed by atoms with Gasteiger partial charge in [0.25, 0.3) is 0 Å². The molecule has 1 N–H and O–H groups in total. The molecule has 0 unspecified atom stereocenters. The predicted octanol–water partition coefficient (Wildman–Crippen LogP) is 0.559. The Morgan fingerprint density at radius 1 is 1.24 bits per heavy atom. The molecular weight excluding hydrogens is 287 g/mol. The zero-order chi connectivity index (χ0) is 15.2. The molecule has 0 bridgehead atoms. The summed E-state index contributed by atoms with van der Waals surface area (Å²) in [7, 11) is 0. The number of aromatic nitrogens is 3. The normalized spacial score (nSPS) is 18.3. The highest BCUT2D eigenvalue weighted by Gasteiger charge is 2.40. The number of halogens is 3. The fourth-order valence-electron chi connectivity index (χ4n) is 2.44. The largest absolute Gasteiger partial charge is 0.451 e. The van der Waals surface area contributed by atoms with Gasteiger partial charge in [-0.05, 0) is 12.5 Å². The lowest BCUT2D eigenvalue weighted by atomic mass is 10.0. The third-order valence-corrected chi connectivity index (χ3v) is 3.82. The number of nitrogens with zero attached hydrogens (tertiary/aromatic N) is 4. The van der Waals surface area contributed by atoms with Crippen molar-refractivity contribution >= 4 is 5.91 Å². The average molecular weight is 301 g/mol. The Kier molecular flexibility index (Phi) is 3.23. The lowest BCUT2D eigenvalue weighted by Crippen LogP contribution is -2.42. The quantitative estimate of drug-likeness (QED) is 0.770. The van der Waals surface area contributed by atoms with Gasteiger partial charge >= 0.3 is 6.18 Å². The first-order valence-corrected chi connectivity index (χ1v) is 6.56. The minimum atomic E-state index is -4.52. The summed E-state index contributed by atoms with van der Waals surface area (Å²) in [6, 6.07) is 0. The number of carbonyl (C=O) groups excluding carboxylic acids is 1. The number of hydrogen-bond donors (Lipinski definition) is 1. The van der Waals surface area contributed by atoms with Crippen LogP contribution in [-0.2, 0) is 24.1 Å². The summed E-state index contributed by atoms with van der Waals surface area (Å²) in [4.78, 5) is 13.8. The minimum Gasteiger partial charge on any atom is -0.330 e. The monoisotopic (exact) mass is 301 g/mol. The molecular formula is C12H14F3N5O. The van der Waals surface area contributed by atoms with Crippen molar-refractivity contribution in [2.45, 2.75) is 26.2 Å². The van der Waals surface area contributed by atoms with Crippen molar-refractivity contribution in [1.82, 2.24) is 25.0 Å². The molecule has 0 spiro atoms. The van der Waals surface area contributed by atoms with Crippen molar-refractivity contribution in [3.05, 3.63) is 22.8 Å². The van der Waals surface area contributed by atoms with Crippen molar-refractivity contribution in [3.63, 3.8) is 0 Å². The first-order chi connectivity index (χ1) is 9.88. The van der Waals surface area contributed by atoms with Crippen LogP contribution in [0.15, 0.2) is 11.1 Å². The number of carbonyl (C=O) groups is 1. The molecule has 21 heavy (non-hydrogen) atoms. The maximum absolute atomic E-state index is 12.7. The molecule has 1 amide bonds. The number of nitrogens with one attached hydrogen (secondary N) is 1. The van der Waals surface area contributed by atoms with Gasteiger partial charge < -0.3 is 14.8 Å².